The molecule has 0 radical (unpaired) electrons. The molecule has 1 unspecified atom stereocenters. The summed E-state index contributed by atoms with van der Waals surface area (Å²) in [5.41, 5.74) is 2.76. The summed E-state index contributed by atoms with van der Waals surface area (Å²) in [6.07, 6.45) is 2.80. The topological polar surface area (TPSA) is 49.9 Å². The Hall–Kier alpha value is -2.76. The van der Waals surface area contributed by atoms with Gasteiger partial charge in [0.25, 0.3) is 0 Å². The number of carbonyl (C=O) groups excluding carboxylic acids is 2. The summed E-state index contributed by atoms with van der Waals surface area (Å²) in [7, 11) is 0. The average Bonchev–Trinajstić information content (AvgIpc) is 3.38. The molecule has 5 heteroatoms. The molecular weight excluding hydrogens is 496 g/mol. The van der Waals surface area contributed by atoms with Crippen molar-refractivity contribution in [1.82, 2.24) is 9.80 Å². The van der Waals surface area contributed by atoms with E-state index in [1.807, 2.05) is 36.4 Å². The van der Waals surface area contributed by atoms with E-state index in [2.05, 4.69) is 70.4 Å². The number of carbonyl (C=O) groups is 2. The third kappa shape index (κ3) is 7.50. The van der Waals surface area contributed by atoms with Crippen LogP contribution >= 0.6 is 0 Å². The maximum absolute atomic E-state index is 13.4. The lowest BCUT2D eigenvalue weighted by Gasteiger charge is -2.38. The second-order valence-corrected chi connectivity index (χ2v) is 13.0. The van der Waals surface area contributed by atoms with Crippen LogP contribution in [0.5, 0.6) is 0 Å². The molecule has 2 aromatic rings. The first-order chi connectivity index (χ1) is 17.9. The molecule has 1 atom stereocenters. The molecule has 40 heavy (non-hydrogen) atoms. The molecule has 0 saturated carbocycles. The van der Waals surface area contributed by atoms with Crippen LogP contribution in [0.2, 0.25) is 0 Å². The van der Waals surface area contributed by atoms with E-state index in [4.69, 9.17) is 4.74 Å². The van der Waals surface area contributed by atoms with E-state index in [1.54, 1.807) is 0 Å². The lowest BCUT2D eigenvalue weighted by molar-refractivity contribution is -0.140. The number of likely N-dealkylation sites (tertiary alicyclic amines) is 1. The molecular formula is C35H52N2O3. The fraction of sp³-hybridized carbons (Fsp3) is 0.543. The van der Waals surface area contributed by atoms with Crippen molar-refractivity contribution < 1.29 is 14.3 Å². The summed E-state index contributed by atoms with van der Waals surface area (Å²) in [5, 5.41) is 0. The molecule has 2 saturated heterocycles. The first-order valence-corrected chi connectivity index (χ1v) is 13.9. The highest BCUT2D eigenvalue weighted by Gasteiger charge is 2.46. The SMILES string of the molecule is C.C.C=C(CC1CC(=O)N(CCN2CCOC2(c2ccccc2)c2ccccc2)C1=O)CC(C)(C)CC(C)(C)C. The minimum atomic E-state index is -0.735. The fourth-order valence-corrected chi connectivity index (χ4v) is 6.81. The van der Waals surface area contributed by atoms with E-state index in [1.165, 1.54) is 4.90 Å². The van der Waals surface area contributed by atoms with Crippen LogP contribution in [0.3, 0.4) is 0 Å². The van der Waals surface area contributed by atoms with Gasteiger partial charge in [0.05, 0.1) is 12.5 Å². The van der Waals surface area contributed by atoms with Crippen LogP contribution < -0.4 is 0 Å². The lowest BCUT2D eigenvalue weighted by atomic mass is 9.72. The monoisotopic (exact) mass is 548 g/mol. The van der Waals surface area contributed by atoms with E-state index in [0.717, 1.165) is 36.1 Å². The number of hydrogen-bond donors (Lipinski definition) is 0. The van der Waals surface area contributed by atoms with Crippen molar-refractivity contribution in [1.29, 1.82) is 0 Å². The van der Waals surface area contributed by atoms with Crippen LogP contribution in [0, 0.1) is 16.7 Å². The largest absolute Gasteiger partial charge is 0.350 e. The Morgan fingerprint density at radius 1 is 0.925 bits per heavy atom. The molecule has 0 aromatic heterocycles. The van der Waals surface area contributed by atoms with Crippen molar-refractivity contribution in [3.8, 4) is 0 Å². The van der Waals surface area contributed by atoms with E-state index in [-0.39, 0.29) is 49.8 Å². The van der Waals surface area contributed by atoms with Crippen molar-refractivity contribution in [3.05, 3.63) is 83.9 Å². The number of ether oxygens (including phenoxy) is 1. The molecule has 2 heterocycles. The van der Waals surface area contributed by atoms with Crippen LogP contribution in [0.4, 0.5) is 0 Å². The van der Waals surface area contributed by atoms with E-state index in [9.17, 15) is 9.59 Å². The predicted molar refractivity (Wildman–Crippen MR) is 166 cm³/mol. The lowest BCUT2D eigenvalue weighted by Crippen LogP contribution is -2.47. The summed E-state index contributed by atoms with van der Waals surface area (Å²) >= 11 is 0. The van der Waals surface area contributed by atoms with Gasteiger partial charge in [0, 0.05) is 37.2 Å². The van der Waals surface area contributed by atoms with E-state index < -0.39 is 5.72 Å². The van der Waals surface area contributed by atoms with Crippen LogP contribution in [-0.4, -0.2) is 47.9 Å². The minimum absolute atomic E-state index is 0. The van der Waals surface area contributed by atoms with Gasteiger partial charge in [-0.15, -0.1) is 0 Å². The summed E-state index contributed by atoms with van der Waals surface area (Å²) in [5.74, 6) is -0.440. The van der Waals surface area contributed by atoms with Gasteiger partial charge >= 0.3 is 0 Å². The maximum atomic E-state index is 13.4. The van der Waals surface area contributed by atoms with Gasteiger partial charge in [-0.25, -0.2) is 0 Å². The van der Waals surface area contributed by atoms with Crippen LogP contribution in [0.15, 0.2) is 72.8 Å². The second-order valence-electron chi connectivity index (χ2n) is 13.0. The van der Waals surface area contributed by atoms with Crippen molar-refractivity contribution in [2.24, 2.45) is 16.7 Å². The summed E-state index contributed by atoms with van der Waals surface area (Å²) < 4.78 is 6.47. The molecule has 2 aliphatic rings. The van der Waals surface area contributed by atoms with Gasteiger partial charge in [0.2, 0.25) is 11.8 Å². The van der Waals surface area contributed by atoms with Crippen LogP contribution in [-0.2, 0) is 20.1 Å². The zero-order valence-corrected chi connectivity index (χ0v) is 23.8. The van der Waals surface area contributed by atoms with Crippen molar-refractivity contribution >= 4 is 11.8 Å². The number of hydrogen-bond acceptors (Lipinski definition) is 4. The Morgan fingerprint density at radius 2 is 1.48 bits per heavy atom. The Morgan fingerprint density at radius 3 is 2.00 bits per heavy atom. The van der Waals surface area contributed by atoms with Gasteiger partial charge in [0.1, 0.15) is 0 Å². The predicted octanol–water partition coefficient (Wildman–Crippen LogP) is 7.67. The van der Waals surface area contributed by atoms with Crippen molar-refractivity contribution in [3.63, 3.8) is 0 Å². The summed E-state index contributed by atoms with van der Waals surface area (Å²) in [6, 6.07) is 20.4. The third-order valence-corrected chi connectivity index (χ3v) is 7.65. The van der Waals surface area contributed by atoms with Crippen molar-refractivity contribution in [2.75, 3.05) is 26.2 Å². The Balaban J connectivity index is 0.00000280. The smallest absolute Gasteiger partial charge is 0.233 e. The van der Waals surface area contributed by atoms with Crippen LogP contribution in [0.1, 0.15) is 86.3 Å². The number of allylic oxidation sites excluding steroid dienone is 1. The highest BCUT2D eigenvalue weighted by Crippen LogP contribution is 2.41. The number of rotatable bonds is 10. The van der Waals surface area contributed by atoms with Gasteiger partial charge in [0.15, 0.2) is 5.72 Å². The number of amides is 2. The number of imide groups is 1. The molecule has 2 fully saturated rings. The molecule has 4 rings (SSSR count). The first-order valence-electron chi connectivity index (χ1n) is 13.9. The molecule has 0 N–H and O–H groups in total. The second kappa shape index (κ2) is 13.3. The Labute approximate surface area is 243 Å². The van der Waals surface area contributed by atoms with Crippen LogP contribution in [0.25, 0.3) is 0 Å². The number of nitrogens with zero attached hydrogens (tertiary/aromatic N) is 2. The highest BCUT2D eigenvalue weighted by atomic mass is 16.5. The van der Waals surface area contributed by atoms with E-state index in [0.29, 0.717) is 26.1 Å². The molecule has 0 spiro atoms. The van der Waals surface area contributed by atoms with E-state index >= 15 is 0 Å². The molecule has 2 aromatic carbocycles. The zero-order valence-electron chi connectivity index (χ0n) is 23.8. The molecule has 0 aliphatic carbocycles. The Kier molecular flexibility index (Phi) is 11.1. The Bertz CT molecular complexity index is 1090. The molecule has 2 amide bonds. The normalized spacial score (nSPS) is 19.3. The summed E-state index contributed by atoms with van der Waals surface area (Å²) in [4.78, 5) is 30.1. The third-order valence-electron chi connectivity index (χ3n) is 7.65. The quantitative estimate of drug-likeness (QED) is 0.226. The van der Waals surface area contributed by atoms with Gasteiger partial charge in [-0.1, -0.05) is 122 Å². The maximum Gasteiger partial charge on any atom is 0.233 e. The molecule has 220 valence electrons. The zero-order chi connectivity index (χ0) is 27.6. The van der Waals surface area contributed by atoms with Gasteiger partial charge in [-0.3, -0.25) is 19.4 Å². The van der Waals surface area contributed by atoms with Gasteiger partial charge in [-0.05, 0) is 30.1 Å². The average molecular weight is 549 g/mol. The van der Waals surface area contributed by atoms with Crippen molar-refractivity contribution in [2.45, 2.75) is 80.9 Å². The highest BCUT2D eigenvalue weighted by molar-refractivity contribution is 6.03. The minimum Gasteiger partial charge on any atom is -0.350 e. The standard InChI is InChI=1S/C33H44N2O3.2CH4/c1-25(23-32(5,6)24-31(2,3)4)21-26-22-29(36)35(30(26)37)18-17-34-19-20-38-33(34,27-13-9-7-10-14-27)28-15-11-8-12-16-28;;/h7-16,26H,1,17-24H2,2-6H3;2*1H4. The molecule has 0 bridgehead atoms. The van der Waals surface area contributed by atoms with Gasteiger partial charge in [-0.2, -0.15) is 0 Å². The first kappa shape index (κ1) is 33.4. The molecule has 2 aliphatic heterocycles. The number of benzene rings is 2. The van der Waals surface area contributed by atoms with Gasteiger partial charge < -0.3 is 4.74 Å². The fourth-order valence-electron chi connectivity index (χ4n) is 6.81. The summed E-state index contributed by atoms with van der Waals surface area (Å²) in [6.45, 7) is 17.8. The molecule has 5 nitrogen and oxygen atoms in total.